The Morgan fingerprint density at radius 3 is 2.50 bits per heavy atom. The Bertz CT molecular complexity index is 653. The predicted octanol–water partition coefficient (Wildman–Crippen LogP) is 2.87. The normalized spacial score (nSPS) is 10.3. The predicted molar refractivity (Wildman–Crippen MR) is 80.1 cm³/mol. The monoisotopic (exact) mass is 303 g/mol. The van der Waals surface area contributed by atoms with Crippen molar-refractivity contribution < 1.29 is 14.1 Å². The SMILES string of the molecule is CN(C)C(=O)N(Cc1ccco1)Cc1ccccc1[N+](=O)[O-]. The highest BCUT2D eigenvalue weighted by Crippen LogP contribution is 2.21. The summed E-state index contributed by atoms with van der Waals surface area (Å²) >= 11 is 0. The molecule has 0 unspecified atom stereocenters. The molecule has 0 atom stereocenters. The van der Waals surface area contributed by atoms with Crippen LogP contribution in [0.3, 0.4) is 0 Å². The van der Waals surface area contributed by atoms with Crippen LogP contribution in [0.5, 0.6) is 0 Å². The quantitative estimate of drug-likeness (QED) is 0.628. The second-order valence-corrected chi connectivity index (χ2v) is 5.00. The number of furan rings is 1. The van der Waals surface area contributed by atoms with Gasteiger partial charge >= 0.3 is 6.03 Å². The van der Waals surface area contributed by atoms with Gasteiger partial charge in [-0.05, 0) is 12.1 Å². The summed E-state index contributed by atoms with van der Waals surface area (Å²) in [6.07, 6.45) is 1.53. The molecule has 7 nitrogen and oxygen atoms in total. The average molecular weight is 303 g/mol. The molecular weight excluding hydrogens is 286 g/mol. The van der Waals surface area contributed by atoms with Crippen LogP contribution in [-0.4, -0.2) is 34.8 Å². The third kappa shape index (κ3) is 3.63. The van der Waals surface area contributed by atoms with E-state index in [1.165, 1.54) is 22.1 Å². The number of nitrogens with zero attached hydrogens (tertiary/aromatic N) is 3. The molecule has 2 aromatic rings. The van der Waals surface area contributed by atoms with Gasteiger partial charge in [-0.3, -0.25) is 10.1 Å². The van der Waals surface area contributed by atoms with Crippen LogP contribution in [0, 0.1) is 10.1 Å². The molecular formula is C15H17N3O4. The third-order valence-corrected chi connectivity index (χ3v) is 3.13. The van der Waals surface area contributed by atoms with Gasteiger partial charge in [0.05, 0.1) is 24.3 Å². The molecule has 2 rings (SSSR count). The van der Waals surface area contributed by atoms with Gasteiger partial charge in [0.2, 0.25) is 0 Å². The molecule has 1 aromatic heterocycles. The first-order valence-electron chi connectivity index (χ1n) is 6.70. The lowest BCUT2D eigenvalue weighted by molar-refractivity contribution is -0.385. The number of urea groups is 1. The Morgan fingerprint density at radius 2 is 1.91 bits per heavy atom. The number of benzene rings is 1. The summed E-state index contributed by atoms with van der Waals surface area (Å²) in [4.78, 5) is 25.9. The van der Waals surface area contributed by atoms with E-state index in [-0.39, 0.29) is 24.8 Å². The Labute approximate surface area is 127 Å². The van der Waals surface area contributed by atoms with Crippen molar-refractivity contribution in [2.24, 2.45) is 0 Å². The molecule has 0 saturated carbocycles. The van der Waals surface area contributed by atoms with E-state index in [1.807, 2.05) is 0 Å². The summed E-state index contributed by atoms with van der Waals surface area (Å²) in [5, 5.41) is 11.1. The fourth-order valence-electron chi connectivity index (χ4n) is 2.09. The van der Waals surface area contributed by atoms with Gasteiger partial charge in [0.25, 0.3) is 5.69 Å². The molecule has 0 aliphatic carbocycles. The van der Waals surface area contributed by atoms with Crippen molar-refractivity contribution in [2.75, 3.05) is 14.1 Å². The van der Waals surface area contributed by atoms with Gasteiger partial charge in [-0.2, -0.15) is 0 Å². The first-order chi connectivity index (χ1) is 10.5. The number of nitro benzene ring substituents is 1. The summed E-state index contributed by atoms with van der Waals surface area (Å²) < 4.78 is 5.26. The van der Waals surface area contributed by atoms with E-state index < -0.39 is 4.92 Å². The molecule has 0 aliphatic rings. The number of para-hydroxylation sites is 1. The first-order valence-corrected chi connectivity index (χ1v) is 6.70. The van der Waals surface area contributed by atoms with Gasteiger partial charge in [-0.15, -0.1) is 0 Å². The molecule has 0 fully saturated rings. The van der Waals surface area contributed by atoms with Crippen molar-refractivity contribution in [1.82, 2.24) is 9.80 Å². The molecule has 1 aromatic carbocycles. The van der Waals surface area contributed by atoms with Crippen molar-refractivity contribution in [2.45, 2.75) is 13.1 Å². The first kappa shape index (κ1) is 15.6. The van der Waals surface area contributed by atoms with Crippen LogP contribution in [0.2, 0.25) is 0 Å². The average Bonchev–Trinajstić information content (AvgIpc) is 2.99. The van der Waals surface area contributed by atoms with Crippen LogP contribution >= 0.6 is 0 Å². The van der Waals surface area contributed by atoms with Crippen molar-refractivity contribution in [3.8, 4) is 0 Å². The van der Waals surface area contributed by atoms with Crippen molar-refractivity contribution in [1.29, 1.82) is 0 Å². The molecule has 0 aliphatic heterocycles. The minimum atomic E-state index is -0.444. The second kappa shape index (κ2) is 6.75. The van der Waals surface area contributed by atoms with Gasteiger partial charge in [0.15, 0.2) is 0 Å². The summed E-state index contributed by atoms with van der Waals surface area (Å²) in [6, 6.07) is 9.65. The summed E-state index contributed by atoms with van der Waals surface area (Å²) in [6.45, 7) is 0.380. The van der Waals surface area contributed by atoms with Gasteiger partial charge in [-0.1, -0.05) is 18.2 Å². The zero-order valence-electron chi connectivity index (χ0n) is 12.4. The van der Waals surface area contributed by atoms with Crippen LogP contribution < -0.4 is 0 Å². The van der Waals surface area contributed by atoms with Gasteiger partial charge in [0, 0.05) is 25.7 Å². The maximum atomic E-state index is 12.3. The van der Waals surface area contributed by atoms with Crippen molar-refractivity contribution >= 4 is 11.7 Å². The topological polar surface area (TPSA) is 79.8 Å². The van der Waals surface area contributed by atoms with E-state index in [2.05, 4.69) is 0 Å². The highest BCUT2D eigenvalue weighted by Gasteiger charge is 2.21. The fraction of sp³-hybridized carbons (Fsp3) is 0.267. The molecule has 0 spiro atoms. The Balaban J connectivity index is 2.26. The van der Waals surface area contributed by atoms with E-state index in [1.54, 1.807) is 44.4 Å². The minimum absolute atomic E-state index is 0.00139. The standard InChI is InChI=1S/C15H17N3O4/c1-16(2)15(19)17(11-13-7-5-9-22-13)10-12-6-3-4-8-14(12)18(20)21/h3-9H,10-11H2,1-2H3. The molecule has 2 amide bonds. The maximum Gasteiger partial charge on any atom is 0.320 e. The molecule has 0 N–H and O–H groups in total. The number of hydrogen-bond acceptors (Lipinski definition) is 4. The molecule has 0 saturated heterocycles. The highest BCUT2D eigenvalue weighted by atomic mass is 16.6. The number of amides is 2. The number of nitro groups is 1. The molecule has 7 heteroatoms. The number of carbonyl (C=O) groups is 1. The third-order valence-electron chi connectivity index (χ3n) is 3.13. The van der Waals surface area contributed by atoms with E-state index in [0.717, 1.165) is 0 Å². The number of rotatable bonds is 5. The van der Waals surface area contributed by atoms with E-state index in [4.69, 9.17) is 4.42 Å². The molecule has 1 heterocycles. The lowest BCUT2D eigenvalue weighted by Crippen LogP contribution is -2.38. The molecule has 22 heavy (non-hydrogen) atoms. The lowest BCUT2D eigenvalue weighted by Gasteiger charge is -2.25. The van der Waals surface area contributed by atoms with Crippen LogP contribution in [-0.2, 0) is 13.1 Å². The van der Waals surface area contributed by atoms with E-state index >= 15 is 0 Å². The highest BCUT2D eigenvalue weighted by molar-refractivity contribution is 5.74. The van der Waals surface area contributed by atoms with Crippen molar-refractivity contribution in [3.63, 3.8) is 0 Å². The molecule has 0 bridgehead atoms. The second-order valence-electron chi connectivity index (χ2n) is 5.00. The Hall–Kier alpha value is -2.83. The summed E-state index contributed by atoms with van der Waals surface area (Å²) in [7, 11) is 3.27. The fourth-order valence-corrected chi connectivity index (χ4v) is 2.09. The Morgan fingerprint density at radius 1 is 1.18 bits per heavy atom. The zero-order chi connectivity index (χ0) is 16.1. The summed E-state index contributed by atoms with van der Waals surface area (Å²) in [5.74, 6) is 0.619. The Kier molecular flexibility index (Phi) is 4.77. The number of hydrogen-bond donors (Lipinski definition) is 0. The van der Waals surface area contributed by atoms with Crippen LogP contribution in [0.1, 0.15) is 11.3 Å². The number of carbonyl (C=O) groups excluding carboxylic acids is 1. The van der Waals surface area contributed by atoms with Crippen LogP contribution in [0.4, 0.5) is 10.5 Å². The van der Waals surface area contributed by atoms with E-state index in [9.17, 15) is 14.9 Å². The lowest BCUT2D eigenvalue weighted by atomic mass is 10.1. The van der Waals surface area contributed by atoms with Gasteiger partial charge in [-0.25, -0.2) is 4.79 Å². The largest absolute Gasteiger partial charge is 0.467 e. The van der Waals surface area contributed by atoms with Gasteiger partial charge in [0.1, 0.15) is 5.76 Å². The van der Waals surface area contributed by atoms with Crippen molar-refractivity contribution in [3.05, 3.63) is 64.1 Å². The molecule has 116 valence electrons. The smallest absolute Gasteiger partial charge is 0.320 e. The van der Waals surface area contributed by atoms with E-state index in [0.29, 0.717) is 11.3 Å². The van der Waals surface area contributed by atoms with Crippen LogP contribution in [0.25, 0.3) is 0 Å². The maximum absolute atomic E-state index is 12.3. The molecule has 0 radical (unpaired) electrons. The minimum Gasteiger partial charge on any atom is -0.467 e. The van der Waals surface area contributed by atoms with Crippen LogP contribution in [0.15, 0.2) is 47.1 Å². The van der Waals surface area contributed by atoms with Gasteiger partial charge < -0.3 is 14.2 Å². The zero-order valence-corrected chi connectivity index (χ0v) is 12.4. The summed E-state index contributed by atoms with van der Waals surface area (Å²) in [5.41, 5.74) is 0.479.